The molecule has 0 atom stereocenters. The summed E-state index contributed by atoms with van der Waals surface area (Å²) in [5.74, 6) is 0. The smallest absolute Gasteiger partial charge is 0.177 e. The number of aromatic nitrogens is 1. The second-order valence-electron chi connectivity index (χ2n) is 9.72. The number of pyridine rings is 1. The van der Waals surface area contributed by atoms with Crippen molar-refractivity contribution in [3.8, 4) is 0 Å². The van der Waals surface area contributed by atoms with Crippen LogP contribution in [0.4, 0.5) is 5.69 Å². The Bertz CT molecular complexity index is 1570. The predicted octanol–water partition coefficient (Wildman–Crippen LogP) is 6.69. The number of likely N-dealkylation sites (N-methyl/N-ethyl adjacent to an activating group) is 1. The van der Waals surface area contributed by atoms with E-state index < -0.39 is 0 Å². The van der Waals surface area contributed by atoms with Crippen LogP contribution in [0.5, 0.6) is 0 Å². The average Bonchev–Trinajstić information content (AvgIpc) is 3.31. The van der Waals surface area contributed by atoms with Gasteiger partial charge in [0.25, 0.3) is 0 Å². The van der Waals surface area contributed by atoms with Crippen molar-refractivity contribution >= 4 is 62.6 Å². The molecule has 0 radical (unpaired) electrons. The van der Waals surface area contributed by atoms with Gasteiger partial charge in [-0.15, -0.1) is 11.8 Å². The van der Waals surface area contributed by atoms with E-state index in [4.69, 9.17) is 9.40 Å². The van der Waals surface area contributed by atoms with Crippen LogP contribution in [0.3, 0.4) is 0 Å². The van der Waals surface area contributed by atoms with E-state index >= 15 is 0 Å². The number of piperazine rings is 1. The van der Waals surface area contributed by atoms with Crippen LogP contribution in [-0.2, 0) is 0 Å². The first-order chi connectivity index (χ1) is 18.2. The molecule has 0 amide bonds. The summed E-state index contributed by atoms with van der Waals surface area (Å²) in [6.45, 7) is 6.36. The van der Waals surface area contributed by atoms with Crippen LogP contribution in [0.25, 0.3) is 45.1 Å². The highest BCUT2D eigenvalue weighted by atomic mass is 32.2. The molecule has 6 heteroatoms. The molecule has 5 aromatic rings. The first kappa shape index (κ1) is 24.0. The van der Waals surface area contributed by atoms with E-state index in [9.17, 15) is 0 Å². The van der Waals surface area contributed by atoms with Gasteiger partial charge in [0.2, 0.25) is 0 Å². The summed E-state index contributed by atoms with van der Waals surface area (Å²) >= 11 is 1.76. The molecule has 1 saturated heterocycles. The number of para-hydroxylation sites is 1. The number of nitrogens with one attached hydrogen (secondary N) is 1. The third kappa shape index (κ3) is 5.10. The summed E-state index contributed by atoms with van der Waals surface area (Å²) < 4.78 is 6.34. The molecule has 1 aliphatic rings. The van der Waals surface area contributed by atoms with E-state index in [1.165, 1.54) is 10.5 Å². The zero-order valence-electron chi connectivity index (χ0n) is 21.4. The lowest BCUT2D eigenvalue weighted by molar-refractivity contribution is 0.158. The summed E-state index contributed by atoms with van der Waals surface area (Å²) in [5, 5.41) is 5.87. The van der Waals surface area contributed by atoms with Crippen molar-refractivity contribution < 1.29 is 4.42 Å². The molecule has 1 fully saturated rings. The molecule has 3 heterocycles. The van der Waals surface area contributed by atoms with Crippen LogP contribution in [0.1, 0.15) is 11.1 Å². The van der Waals surface area contributed by atoms with Crippen LogP contribution in [0, 0.1) is 0 Å². The molecule has 0 aliphatic carbocycles. The molecule has 1 aliphatic heterocycles. The summed E-state index contributed by atoms with van der Waals surface area (Å²) in [7, 11) is 2.20. The minimum Gasteiger partial charge on any atom is -0.452 e. The Morgan fingerprint density at radius 2 is 1.68 bits per heavy atom. The maximum Gasteiger partial charge on any atom is 0.177 e. The predicted molar refractivity (Wildman–Crippen MR) is 159 cm³/mol. The minimum absolute atomic E-state index is 0.837. The first-order valence-electron chi connectivity index (χ1n) is 12.9. The summed E-state index contributed by atoms with van der Waals surface area (Å²) in [4.78, 5) is 11.3. The van der Waals surface area contributed by atoms with Gasteiger partial charge in [-0.1, -0.05) is 42.5 Å². The highest BCUT2D eigenvalue weighted by molar-refractivity contribution is 7.98. The van der Waals surface area contributed by atoms with Crippen LogP contribution in [-0.4, -0.2) is 67.4 Å². The van der Waals surface area contributed by atoms with Gasteiger partial charge in [0.05, 0.1) is 11.2 Å². The number of rotatable bonds is 7. The van der Waals surface area contributed by atoms with Crippen molar-refractivity contribution in [2.75, 3.05) is 57.9 Å². The number of fused-ring (bicyclic) bond motifs is 4. The Hall–Kier alpha value is -3.32. The Kier molecular flexibility index (Phi) is 6.87. The zero-order valence-corrected chi connectivity index (χ0v) is 22.2. The van der Waals surface area contributed by atoms with E-state index in [2.05, 4.69) is 89.1 Å². The second kappa shape index (κ2) is 10.6. The molecule has 1 N–H and O–H groups in total. The van der Waals surface area contributed by atoms with Crippen LogP contribution in [0.2, 0.25) is 0 Å². The molecule has 0 unspecified atom stereocenters. The quantitative estimate of drug-likeness (QED) is 0.195. The number of anilines is 1. The fourth-order valence-corrected chi connectivity index (χ4v) is 5.41. The molecular weight excluding hydrogens is 476 g/mol. The van der Waals surface area contributed by atoms with Crippen molar-refractivity contribution in [3.05, 3.63) is 77.9 Å². The van der Waals surface area contributed by atoms with E-state index in [-0.39, 0.29) is 0 Å². The molecular formula is C31H32N4OS. The minimum atomic E-state index is 0.837. The monoisotopic (exact) mass is 508 g/mol. The van der Waals surface area contributed by atoms with Gasteiger partial charge < -0.3 is 14.6 Å². The fraction of sp³-hybridized carbons (Fsp3) is 0.258. The fourth-order valence-electron chi connectivity index (χ4n) is 5.00. The van der Waals surface area contributed by atoms with Gasteiger partial charge in [0.1, 0.15) is 11.1 Å². The molecule has 37 heavy (non-hydrogen) atoms. The van der Waals surface area contributed by atoms with Crippen LogP contribution >= 0.6 is 11.8 Å². The number of benzene rings is 3. The van der Waals surface area contributed by atoms with Gasteiger partial charge in [0, 0.05) is 54.9 Å². The Labute approximate surface area is 222 Å². The number of hydrogen-bond acceptors (Lipinski definition) is 6. The van der Waals surface area contributed by atoms with Gasteiger partial charge in [-0.25, -0.2) is 4.98 Å². The van der Waals surface area contributed by atoms with Crippen molar-refractivity contribution in [1.29, 1.82) is 0 Å². The molecule has 0 spiro atoms. The van der Waals surface area contributed by atoms with Gasteiger partial charge in [-0.05, 0) is 60.8 Å². The Morgan fingerprint density at radius 1 is 0.919 bits per heavy atom. The number of furan rings is 1. The molecule has 6 rings (SSSR count). The maximum atomic E-state index is 6.34. The summed E-state index contributed by atoms with van der Waals surface area (Å²) in [6, 6.07) is 23.3. The van der Waals surface area contributed by atoms with Gasteiger partial charge in [0.15, 0.2) is 5.58 Å². The Morgan fingerprint density at radius 3 is 2.49 bits per heavy atom. The van der Waals surface area contributed by atoms with Gasteiger partial charge >= 0.3 is 0 Å². The third-order valence-corrected chi connectivity index (χ3v) is 7.97. The van der Waals surface area contributed by atoms with Crippen molar-refractivity contribution in [3.63, 3.8) is 0 Å². The van der Waals surface area contributed by atoms with Crippen LogP contribution in [0.15, 0.2) is 76.0 Å². The van der Waals surface area contributed by atoms with E-state index in [1.807, 2.05) is 18.2 Å². The summed E-state index contributed by atoms with van der Waals surface area (Å²) in [6.07, 6.45) is 6.42. The SMILES string of the molecule is CSc1ccc(/C=C/c2ccc3c(NCCN4CCN(C)CC4)c4oc5ccccc5c4nc3c2)cc1. The highest BCUT2D eigenvalue weighted by Gasteiger charge is 2.17. The largest absolute Gasteiger partial charge is 0.452 e. The lowest BCUT2D eigenvalue weighted by Crippen LogP contribution is -2.45. The second-order valence-corrected chi connectivity index (χ2v) is 10.6. The van der Waals surface area contributed by atoms with Crippen molar-refractivity contribution in [2.45, 2.75) is 4.90 Å². The third-order valence-electron chi connectivity index (χ3n) is 7.23. The summed E-state index contributed by atoms with van der Waals surface area (Å²) in [5.41, 5.74) is 6.95. The molecule has 2 aromatic heterocycles. The van der Waals surface area contributed by atoms with Crippen LogP contribution < -0.4 is 5.32 Å². The molecule has 0 saturated carbocycles. The number of hydrogen-bond donors (Lipinski definition) is 1. The van der Waals surface area contributed by atoms with Crippen molar-refractivity contribution in [1.82, 2.24) is 14.8 Å². The highest BCUT2D eigenvalue weighted by Crippen LogP contribution is 2.37. The molecule has 188 valence electrons. The van der Waals surface area contributed by atoms with Gasteiger partial charge in [-0.2, -0.15) is 0 Å². The first-order valence-corrected chi connectivity index (χ1v) is 14.1. The topological polar surface area (TPSA) is 44.5 Å². The van der Waals surface area contributed by atoms with E-state index in [0.717, 1.165) is 83.5 Å². The standard InChI is InChI=1S/C31H32N4OS/c1-34-17-19-35(20-18-34)16-15-32-29-25-14-11-23(8-7-22-9-12-24(37-2)13-10-22)21-27(25)33-30-26-5-3-4-6-28(26)36-31(29)30/h3-14,21H,15-20H2,1-2H3,(H,32,33)/b8-7+. The lowest BCUT2D eigenvalue weighted by Gasteiger charge is -2.32. The molecule has 3 aromatic carbocycles. The normalized spacial score (nSPS) is 15.4. The van der Waals surface area contributed by atoms with Gasteiger partial charge in [-0.3, -0.25) is 4.90 Å². The van der Waals surface area contributed by atoms with E-state index in [1.54, 1.807) is 11.8 Å². The average molecular weight is 509 g/mol. The lowest BCUT2D eigenvalue weighted by atomic mass is 10.1. The molecule has 5 nitrogen and oxygen atoms in total. The van der Waals surface area contributed by atoms with Crippen molar-refractivity contribution in [2.24, 2.45) is 0 Å². The number of nitrogens with zero attached hydrogens (tertiary/aromatic N) is 3. The zero-order chi connectivity index (χ0) is 25.2. The Balaban J connectivity index is 1.34. The molecule has 0 bridgehead atoms. The maximum absolute atomic E-state index is 6.34. The number of thioether (sulfide) groups is 1. The van der Waals surface area contributed by atoms with E-state index in [0.29, 0.717) is 0 Å².